The molecule has 2 aromatic carbocycles. The molecule has 6 heteroatoms. The van der Waals surface area contributed by atoms with Gasteiger partial charge >= 0.3 is 0 Å². The largest absolute Gasteiger partial charge is 0.399 e. The first-order valence-electron chi connectivity index (χ1n) is 8.06. The molecule has 0 bridgehead atoms. The van der Waals surface area contributed by atoms with Crippen LogP contribution in [-0.4, -0.2) is 16.8 Å². The fourth-order valence-corrected chi connectivity index (χ4v) is 2.38. The zero-order chi connectivity index (χ0) is 18.4. The van der Waals surface area contributed by atoms with E-state index in [1.807, 2.05) is 18.2 Å². The van der Waals surface area contributed by atoms with Gasteiger partial charge in [0, 0.05) is 35.9 Å². The van der Waals surface area contributed by atoms with Gasteiger partial charge in [0.1, 0.15) is 0 Å². The maximum Gasteiger partial charge on any atom is 0.257 e. The van der Waals surface area contributed by atoms with E-state index in [9.17, 15) is 9.59 Å². The second kappa shape index (κ2) is 7.94. The number of rotatable bonds is 5. The molecule has 0 aliphatic rings. The SMILES string of the molecule is Nc1ccc(C(=O)NCc2cccc(NC(=O)c3cccnc3)c2)cc1. The molecule has 0 radical (unpaired) electrons. The standard InChI is InChI=1S/C20H18N4O2/c21-17-8-6-15(7-9-17)19(25)23-12-14-3-1-5-18(11-14)24-20(26)16-4-2-10-22-13-16/h1-11,13H,12,21H2,(H,23,25)(H,24,26). The lowest BCUT2D eigenvalue weighted by molar-refractivity contribution is 0.0950. The fraction of sp³-hybridized carbons (Fsp3) is 0.0500. The Morgan fingerprint density at radius 2 is 1.73 bits per heavy atom. The Balaban J connectivity index is 1.61. The van der Waals surface area contributed by atoms with Crippen molar-refractivity contribution in [2.75, 3.05) is 11.1 Å². The Hall–Kier alpha value is -3.67. The Labute approximate surface area is 151 Å². The lowest BCUT2D eigenvalue weighted by Crippen LogP contribution is -2.22. The Kier molecular flexibility index (Phi) is 5.24. The number of carbonyl (C=O) groups excluding carboxylic acids is 2. The van der Waals surface area contributed by atoms with Gasteiger partial charge in [0.05, 0.1) is 5.56 Å². The van der Waals surface area contributed by atoms with Crippen LogP contribution in [0, 0.1) is 0 Å². The summed E-state index contributed by atoms with van der Waals surface area (Å²) in [5, 5.41) is 5.66. The predicted octanol–water partition coefficient (Wildman–Crippen LogP) is 2.85. The molecular weight excluding hydrogens is 328 g/mol. The number of aromatic nitrogens is 1. The third-order valence-electron chi connectivity index (χ3n) is 3.73. The minimum atomic E-state index is -0.235. The van der Waals surface area contributed by atoms with Crippen LogP contribution in [0.5, 0.6) is 0 Å². The second-order valence-corrected chi connectivity index (χ2v) is 5.70. The van der Waals surface area contributed by atoms with Gasteiger partial charge in [-0.2, -0.15) is 0 Å². The molecule has 0 saturated carbocycles. The van der Waals surface area contributed by atoms with Crippen LogP contribution in [0.3, 0.4) is 0 Å². The van der Waals surface area contributed by atoms with Crippen molar-refractivity contribution < 1.29 is 9.59 Å². The number of hydrogen-bond acceptors (Lipinski definition) is 4. The number of hydrogen-bond donors (Lipinski definition) is 3. The van der Waals surface area contributed by atoms with E-state index in [0.717, 1.165) is 5.56 Å². The zero-order valence-corrected chi connectivity index (χ0v) is 14.0. The van der Waals surface area contributed by atoms with E-state index in [0.29, 0.717) is 29.0 Å². The summed E-state index contributed by atoms with van der Waals surface area (Å²) in [6.45, 7) is 0.347. The molecule has 26 heavy (non-hydrogen) atoms. The van der Waals surface area contributed by atoms with Gasteiger partial charge in [0.2, 0.25) is 0 Å². The smallest absolute Gasteiger partial charge is 0.257 e. The number of pyridine rings is 1. The predicted molar refractivity (Wildman–Crippen MR) is 101 cm³/mol. The van der Waals surface area contributed by atoms with Crippen LogP contribution in [-0.2, 0) is 6.54 Å². The van der Waals surface area contributed by atoms with E-state index in [2.05, 4.69) is 15.6 Å². The van der Waals surface area contributed by atoms with Crippen LogP contribution in [0.25, 0.3) is 0 Å². The topological polar surface area (TPSA) is 97.1 Å². The van der Waals surface area contributed by atoms with Gasteiger partial charge in [-0.3, -0.25) is 14.6 Å². The molecule has 2 amide bonds. The molecule has 0 spiro atoms. The Bertz CT molecular complexity index is 909. The van der Waals surface area contributed by atoms with Gasteiger partial charge in [-0.15, -0.1) is 0 Å². The van der Waals surface area contributed by atoms with Crippen LogP contribution >= 0.6 is 0 Å². The van der Waals surface area contributed by atoms with Crippen molar-refractivity contribution in [3.63, 3.8) is 0 Å². The molecule has 0 saturated heterocycles. The highest BCUT2D eigenvalue weighted by molar-refractivity contribution is 6.04. The highest BCUT2D eigenvalue weighted by Gasteiger charge is 2.07. The number of benzene rings is 2. The molecular formula is C20H18N4O2. The zero-order valence-electron chi connectivity index (χ0n) is 14.0. The van der Waals surface area contributed by atoms with E-state index in [4.69, 9.17) is 5.73 Å². The van der Waals surface area contributed by atoms with Crippen molar-refractivity contribution >= 4 is 23.2 Å². The highest BCUT2D eigenvalue weighted by Crippen LogP contribution is 2.13. The first-order valence-corrected chi connectivity index (χ1v) is 8.06. The van der Waals surface area contributed by atoms with Crippen LogP contribution in [0.15, 0.2) is 73.1 Å². The first-order chi connectivity index (χ1) is 12.6. The second-order valence-electron chi connectivity index (χ2n) is 5.70. The Morgan fingerprint density at radius 1 is 0.923 bits per heavy atom. The van der Waals surface area contributed by atoms with Crippen LogP contribution in [0.2, 0.25) is 0 Å². The molecule has 3 rings (SSSR count). The minimum absolute atomic E-state index is 0.185. The highest BCUT2D eigenvalue weighted by atomic mass is 16.2. The van der Waals surface area contributed by atoms with Crippen molar-refractivity contribution in [2.45, 2.75) is 6.54 Å². The van der Waals surface area contributed by atoms with Crippen molar-refractivity contribution in [3.8, 4) is 0 Å². The summed E-state index contributed by atoms with van der Waals surface area (Å²) in [6.07, 6.45) is 3.12. The van der Waals surface area contributed by atoms with Gasteiger partial charge in [-0.25, -0.2) is 0 Å². The van der Waals surface area contributed by atoms with Gasteiger partial charge in [-0.05, 0) is 54.1 Å². The summed E-state index contributed by atoms with van der Waals surface area (Å²) in [5.74, 6) is -0.420. The number of amides is 2. The summed E-state index contributed by atoms with van der Waals surface area (Å²) in [5.41, 5.74) is 8.78. The number of nitrogens with zero attached hydrogens (tertiary/aromatic N) is 1. The molecule has 1 aromatic heterocycles. The van der Waals surface area contributed by atoms with E-state index >= 15 is 0 Å². The van der Waals surface area contributed by atoms with Crippen molar-refractivity contribution in [1.29, 1.82) is 0 Å². The van der Waals surface area contributed by atoms with Crippen LogP contribution < -0.4 is 16.4 Å². The van der Waals surface area contributed by atoms with Crippen molar-refractivity contribution in [1.82, 2.24) is 10.3 Å². The first kappa shape index (κ1) is 17.2. The summed E-state index contributed by atoms with van der Waals surface area (Å²) in [6, 6.07) is 17.4. The van der Waals surface area contributed by atoms with E-state index in [1.165, 1.54) is 6.20 Å². The summed E-state index contributed by atoms with van der Waals surface area (Å²) in [7, 11) is 0. The minimum Gasteiger partial charge on any atom is -0.399 e. The number of nitrogens with one attached hydrogen (secondary N) is 2. The van der Waals surface area contributed by atoms with E-state index in [1.54, 1.807) is 48.7 Å². The third-order valence-corrected chi connectivity index (χ3v) is 3.73. The van der Waals surface area contributed by atoms with E-state index in [-0.39, 0.29) is 11.8 Å². The summed E-state index contributed by atoms with van der Waals surface area (Å²) in [4.78, 5) is 28.3. The molecule has 0 fully saturated rings. The van der Waals surface area contributed by atoms with Crippen LogP contribution in [0.1, 0.15) is 26.3 Å². The van der Waals surface area contributed by atoms with Gasteiger partial charge in [0.25, 0.3) is 11.8 Å². The average molecular weight is 346 g/mol. The molecule has 3 aromatic rings. The number of carbonyl (C=O) groups is 2. The number of nitrogens with two attached hydrogens (primary N) is 1. The quantitative estimate of drug-likeness (QED) is 0.619. The summed E-state index contributed by atoms with van der Waals surface area (Å²) < 4.78 is 0. The molecule has 0 unspecified atom stereocenters. The molecule has 0 aliphatic heterocycles. The average Bonchev–Trinajstić information content (AvgIpc) is 2.67. The fourth-order valence-electron chi connectivity index (χ4n) is 2.38. The molecule has 4 N–H and O–H groups in total. The van der Waals surface area contributed by atoms with Crippen molar-refractivity contribution in [3.05, 3.63) is 89.7 Å². The molecule has 130 valence electrons. The monoisotopic (exact) mass is 346 g/mol. The number of anilines is 2. The molecule has 1 heterocycles. The molecule has 6 nitrogen and oxygen atoms in total. The lowest BCUT2D eigenvalue weighted by atomic mass is 10.1. The van der Waals surface area contributed by atoms with Gasteiger partial charge < -0.3 is 16.4 Å². The van der Waals surface area contributed by atoms with Crippen LogP contribution in [0.4, 0.5) is 11.4 Å². The van der Waals surface area contributed by atoms with Gasteiger partial charge in [-0.1, -0.05) is 12.1 Å². The summed E-state index contributed by atoms with van der Waals surface area (Å²) >= 11 is 0. The molecule has 0 aliphatic carbocycles. The lowest BCUT2D eigenvalue weighted by Gasteiger charge is -2.09. The van der Waals surface area contributed by atoms with E-state index < -0.39 is 0 Å². The Morgan fingerprint density at radius 3 is 2.46 bits per heavy atom. The third kappa shape index (κ3) is 4.45. The van der Waals surface area contributed by atoms with Gasteiger partial charge in [0.15, 0.2) is 0 Å². The van der Waals surface area contributed by atoms with Crippen molar-refractivity contribution in [2.24, 2.45) is 0 Å². The normalized spacial score (nSPS) is 10.2. The maximum atomic E-state index is 12.2. The number of nitrogen functional groups attached to an aromatic ring is 1. The maximum absolute atomic E-state index is 12.2. The molecule has 0 atom stereocenters.